The van der Waals surface area contributed by atoms with Gasteiger partial charge in [0.15, 0.2) is 0 Å². The van der Waals surface area contributed by atoms with E-state index in [0.717, 1.165) is 68.1 Å². The van der Waals surface area contributed by atoms with E-state index >= 15 is 0 Å². The summed E-state index contributed by atoms with van der Waals surface area (Å²) >= 11 is 0. The van der Waals surface area contributed by atoms with Crippen molar-refractivity contribution in [2.75, 3.05) is 0 Å². The summed E-state index contributed by atoms with van der Waals surface area (Å²) in [5.41, 5.74) is 9.55. The first-order chi connectivity index (χ1) is 18.6. The van der Waals surface area contributed by atoms with Crippen molar-refractivity contribution in [1.29, 1.82) is 5.26 Å². The monoisotopic (exact) mass is 550 g/mol. The number of halogens is 1. The van der Waals surface area contributed by atoms with Gasteiger partial charge < -0.3 is 16.4 Å². The smallest absolute Gasteiger partial charge is 0.243 e. The summed E-state index contributed by atoms with van der Waals surface area (Å²) in [5, 5.41) is 15.4. The van der Waals surface area contributed by atoms with Gasteiger partial charge in [0, 0.05) is 19.0 Å². The van der Waals surface area contributed by atoms with Gasteiger partial charge in [-0.1, -0.05) is 74.9 Å². The van der Waals surface area contributed by atoms with Crippen molar-refractivity contribution in [3.63, 3.8) is 0 Å². The van der Waals surface area contributed by atoms with Crippen LogP contribution >= 0.6 is 12.4 Å². The molecule has 2 atom stereocenters. The maximum absolute atomic E-state index is 13.9. The molecule has 1 unspecified atom stereocenters. The van der Waals surface area contributed by atoms with Crippen LogP contribution in [0.15, 0.2) is 48.5 Å². The molecule has 6 nitrogen and oxygen atoms in total. The van der Waals surface area contributed by atoms with E-state index in [1.807, 2.05) is 24.3 Å². The van der Waals surface area contributed by atoms with E-state index in [1.54, 1.807) is 12.1 Å². The highest BCUT2D eigenvalue weighted by Gasteiger charge is 2.35. The third-order valence-corrected chi connectivity index (χ3v) is 8.52. The molecule has 2 amide bonds. The molecule has 0 radical (unpaired) electrons. The molecule has 0 heterocycles. The number of hydrogen-bond donors (Lipinski definition) is 3. The summed E-state index contributed by atoms with van der Waals surface area (Å²) in [6.45, 7) is 0.886. The molecule has 2 aliphatic carbocycles. The van der Waals surface area contributed by atoms with E-state index < -0.39 is 6.04 Å². The summed E-state index contributed by atoms with van der Waals surface area (Å²) in [6.07, 6.45) is 11.7. The van der Waals surface area contributed by atoms with E-state index in [9.17, 15) is 9.59 Å². The van der Waals surface area contributed by atoms with Crippen LogP contribution in [-0.4, -0.2) is 17.9 Å². The number of benzene rings is 2. The van der Waals surface area contributed by atoms with E-state index in [-0.39, 0.29) is 36.1 Å². The summed E-state index contributed by atoms with van der Waals surface area (Å²) in [4.78, 5) is 27.4. The first-order valence-electron chi connectivity index (χ1n) is 14.4. The number of nitrogens with one attached hydrogen (secondary N) is 2. The maximum Gasteiger partial charge on any atom is 0.243 e. The van der Waals surface area contributed by atoms with Crippen molar-refractivity contribution in [3.8, 4) is 6.07 Å². The van der Waals surface area contributed by atoms with Crippen LogP contribution in [0, 0.1) is 29.1 Å². The highest BCUT2D eigenvalue weighted by atomic mass is 35.5. The fraction of sp³-hybridized carbons (Fsp3) is 0.531. The van der Waals surface area contributed by atoms with Gasteiger partial charge in [-0.2, -0.15) is 5.26 Å². The third kappa shape index (κ3) is 8.81. The Morgan fingerprint density at radius 1 is 0.795 bits per heavy atom. The van der Waals surface area contributed by atoms with Crippen molar-refractivity contribution in [3.05, 3.63) is 70.8 Å². The van der Waals surface area contributed by atoms with Crippen LogP contribution in [0.1, 0.15) is 86.5 Å². The van der Waals surface area contributed by atoms with Crippen LogP contribution in [0.5, 0.6) is 0 Å². The standard InChI is InChI=1S/C32H42N4O2.ClH/c33-20-24-13-11-23(12-14-24)19-29(27-7-3-1-4-8-27)31(37)36-30(28-9-5-2-6-10-28)32(38)35-22-26-17-15-25(21-34)16-18-26;/h11-18,27-30H,1-10,19-20,22,33H2,(H,35,38)(H,36,37);1H/t29?,30-;/m0./s1. The zero-order valence-electron chi connectivity index (χ0n) is 22.9. The van der Waals surface area contributed by atoms with Crippen LogP contribution < -0.4 is 16.4 Å². The lowest BCUT2D eigenvalue weighted by molar-refractivity contribution is -0.134. The molecule has 7 heteroatoms. The number of carbonyl (C=O) groups is 2. The first-order valence-corrected chi connectivity index (χ1v) is 14.4. The van der Waals surface area contributed by atoms with Gasteiger partial charge in [0.1, 0.15) is 6.04 Å². The van der Waals surface area contributed by atoms with Crippen molar-refractivity contribution in [2.45, 2.75) is 89.8 Å². The summed E-state index contributed by atoms with van der Waals surface area (Å²) in [5.74, 6) is 0.265. The molecule has 39 heavy (non-hydrogen) atoms. The molecule has 4 N–H and O–H groups in total. The molecule has 4 rings (SSSR count). The van der Waals surface area contributed by atoms with Crippen molar-refractivity contribution < 1.29 is 9.59 Å². The van der Waals surface area contributed by atoms with Gasteiger partial charge in [0.2, 0.25) is 11.8 Å². The van der Waals surface area contributed by atoms with Gasteiger partial charge in [-0.05, 0) is 72.8 Å². The molecule has 2 saturated carbocycles. The van der Waals surface area contributed by atoms with Crippen LogP contribution in [-0.2, 0) is 29.1 Å². The fourth-order valence-corrected chi connectivity index (χ4v) is 6.20. The predicted molar refractivity (Wildman–Crippen MR) is 157 cm³/mol. The normalized spacial score (nSPS) is 17.7. The molecule has 0 saturated heterocycles. The Labute approximate surface area is 239 Å². The minimum atomic E-state index is -0.521. The van der Waals surface area contributed by atoms with Gasteiger partial charge in [0.25, 0.3) is 0 Å². The van der Waals surface area contributed by atoms with E-state index in [2.05, 4.69) is 28.8 Å². The van der Waals surface area contributed by atoms with Crippen LogP contribution in [0.2, 0.25) is 0 Å². The maximum atomic E-state index is 13.9. The van der Waals surface area contributed by atoms with Crippen LogP contribution in [0.3, 0.4) is 0 Å². The van der Waals surface area contributed by atoms with Crippen molar-refractivity contribution in [2.24, 2.45) is 23.5 Å². The average Bonchev–Trinajstić information content (AvgIpc) is 2.98. The Kier molecular flexibility index (Phi) is 12.3. The summed E-state index contributed by atoms with van der Waals surface area (Å²) in [7, 11) is 0. The second-order valence-electron chi connectivity index (χ2n) is 11.1. The minimum absolute atomic E-state index is 0. The lowest BCUT2D eigenvalue weighted by atomic mass is 9.76. The SMILES string of the molecule is Cl.N#Cc1ccc(CNC(=O)[C@@H](NC(=O)C(Cc2ccc(CN)cc2)C2CCCCC2)C2CCCCC2)cc1. The molecule has 210 valence electrons. The Morgan fingerprint density at radius 2 is 1.33 bits per heavy atom. The topological polar surface area (TPSA) is 108 Å². The molecule has 2 aromatic rings. The molecule has 0 aliphatic heterocycles. The highest BCUT2D eigenvalue weighted by Crippen LogP contribution is 2.33. The van der Waals surface area contributed by atoms with Crippen molar-refractivity contribution in [1.82, 2.24) is 10.6 Å². The van der Waals surface area contributed by atoms with E-state index in [1.165, 1.54) is 12.8 Å². The summed E-state index contributed by atoms with van der Waals surface area (Å²) in [6, 6.07) is 17.1. The predicted octanol–water partition coefficient (Wildman–Crippen LogP) is 5.56. The van der Waals surface area contributed by atoms with Crippen LogP contribution in [0.25, 0.3) is 0 Å². The minimum Gasteiger partial charge on any atom is -0.350 e. The second kappa shape index (κ2) is 15.6. The quantitative estimate of drug-likeness (QED) is 0.360. The number of rotatable bonds is 10. The van der Waals surface area contributed by atoms with E-state index in [0.29, 0.717) is 31.0 Å². The third-order valence-electron chi connectivity index (χ3n) is 8.52. The molecule has 2 aliphatic rings. The van der Waals surface area contributed by atoms with Crippen LogP contribution in [0.4, 0.5) is 0 Å². The highest BCUT2D eigenvalue weighted by molar-refractivity contribution is 5.89. The zero-order chi connectivity index (χ0) is 26.7. The van der Waals surface area contributed by atoms with Gasteiger partial charge in [-0.15, -0.1) is 12.4 Å². The lowest BCUT2D eigenvalue weighted by Crippen LogP contribution is -2.53. The number of carbonyl (C=O) groups excluding carboxylic acids is 2. The van der Waals surface area contributed by atoms with Gasteiger partial charge in [-0.3, -0.25) is 9.59 Å². The number of nitrogens with zero attached hydrogens (tertiary/aromatic N) is 1. The Hall–Kier alpha value is -2.88. The Balaban J connectivity index is 0.00000420. The molecule has 2 fully saturated rings. The Bertz CT molecular complexity index is 1080. The lowest BCUT2D eigenvalue weighted by Gasteiger charge is -2.34. The number of nitriles is 1. The molecule has 0 spiro atoms. The molecule has 0 aromatic heterocycles. The van der Waals surface area contributed by atoms with Gasteiger partial charge >= 0.3 is 0 Å². The molecule has 0 bridgehead atoms. The largest absolute Gasteiger partial charge is 0.350 e. The second-order valence-corrected chi connectivity index (χ2v) is 11.1. The zero-order valence-corrected chi connectivity index (χ0v) is 23.7. The molecular weight excluding hydrogens is 508 g/mol. The fourth-order valence-electron chi connectivity index (χ4n) is 6.20. The number of hydrogen-bond acceptors (Lipinski definition) is 4. The molecule has 2 aromatic carbocycles. The van der Waals surface area contributed by atoms with E-state index in [4.69, 9.17) is 11.0 Å². The summed E-state index contributed by atoms with van der Waals surface area (Å²) < 4.78 is 0. The first kappa shape index (κ1) is 30.7. The average molecular weight is 551 g/mol. The molecular formula is C32H43ClN4O2. The number of amides is 2. The number of nitrogens with two attached hydrogens (primary N) is 1. The Morgan fingerprint density at radius 3 is 1.90 bits per heavy atom. The van der Waals surface area contributed by atoms with Gasteiger partial charge in [0.05, 0.1) is 11.6 Å². The van der Waals surface area contributed by atoms with Crippen molar-refractivity contribution >= 4 is 24.2 Å². The van der Waals surface area contributed by atoms with Gasteiger partial charge in [-0.25, -0.2) is 0 Å².